The van der Waals surface area contributed by atoms with Crippen LogP contribution in [0.15, 0.2) is 24.3 Å². The second kappa shape index (κ2) is 5.89. The van der Waals surface area contributed by atoms with Crippen LogP contribution in [0.4, 0.5) is 0 Å². The molecule has 1 aliphatic rings. The Hall–Kier alpha value is -1.60. The van der Waals surface area contributed by atoms with Crippen molar-refractivity contribution < 1.29 is 22.1 Å². The first kappa shape index (κ1) is 16.8. The molecule has 1 amide bonds. The molecule has 0 saturated carbocycles. The molecule has 6 nitrogen and oxygen atoms in total. The zero-order chi connectivity index (χ0) is 16.5. The van der Waals surface area contributed by atoms with E-state index in [-0.39, 0.29) is 29.9 Å². The summed E-state index contributed by atoms with van der Waals surface area (Å²) in [7, 11) is -3.53. The van der Waals surface area contributed by atoms with Gasteiger partial charge >= 0.3 is 10.1 Å². The van der Waals surface area contributed by atoms with E-state index in [4.69, 9.17) is 8.92 Å². The minimum absolute atomic E-state index is 0.0271. The Morgan fingerprint density at radius 2 is 1.82 bits per heavy atom. The van der Waals surface area contributed by atoms with E-state index < -0.39 is 10.1 Å². The van der Waals surface area contributed by atoms with Gasteiger partial charge in [0.05, 0.1) is 12.8 Å². The molecule has 122 valence electrons. The lowest BCUT2D eigenvalue weighted by molar-refractivity contribution is -0.156. The molecule has 0 spiro atoms. The van der Waals surface area contributed by atoms with E-state index in [1.807, 2.05) is 20.8 Å². The van der Waals surface area contributed by atoms with Crippen molar-refractivity contribution in [3.05, 3.63) is 29.8 Å². The van der Waals surface area contributed by atoms with Crippen LogP contribution in [0.1, 0.15) is 32.4 Å². The van der Waals surface area contributed by atoms with E-state index in [1.54, 1.807) is 29.2 Å². The number of ether oxygens (including phenoxy) is 1. The largest absolute Gasteiger partial charge is 0.383 e. The van der Waals surface area contributed by atoms with Crippen molar-refractivity contribution in [1.82, 2.24) is 4.90 Å². The van der Waals surface area contributed by atoms with Gasteiger partial charge in [-0.15, -0.1) is 0 Å². The summed E-state index contributed by atoms with van der Waals surface area (Å²) in [6, 6.07) is 6.67. The Bertz CT molecular complexity index is 646. The average Bonchev–Trinajstić information content (AvgIpc) is 2.37. The standard InChI is InChI=1S/C15H21NO5S/c1-15(2,3)16-9-13(20-10-14(16)17)11-5-7-12(8-6-11)21-22(4,18)19/h5-8,13H,9-10H2,1-4H3/t13-/m1/s1. The summed E-state index contributed by atoms with van der Waals surface area (Å²) in [5.74, 6) is 0.228. The first-order valence-electron chi connectivity index (χ1n) is 6.98. The summed E-state index contributed by atoms with van der Waals surface area (Å²) < 4.78 is 32.6. The second-order valence-electron chi connectivity index (χ2n) is 6.33. The van der Waals surface area contributed by atoms with Gasteiger partial charge in [-0.05, 0) is 38.5 Å². The van der Waals surface area contributed by atoms with Gasteiger partial charge in [0, 0.05) is 5.54 Å². The predicted octanol–water partition coefficient (Wildman–Crippen LogP) is 1.72. The van der Waals surface area contributed by atoms with Crippen LogP contribution in [-0.4, -0.2) is 44.2 Å². The van der Waals surface area contributed by atoms with E-state index in [0.29, 0.717) is 6.54 Å². The molecule has 22 heavy (non-hydrogen) atoms. The van der Waals surface area contributed by atoms with Gasteiger partial charge in [0.1, 0.15) is 18.5 Å². The molecule has 1 heterocycles. The number of nitrogens with zero attached hydrogens (tertiary/aromatic N) is 1. The molecule has 0 N–H and O–H groups in total. The number of benzene rings is 1. The molecule has 1 aliphatic heterocycles. The van der Waals surface area contributed by atoms with Gasteiger partial charge in [-0.25, -0.2) is 0 Å². The molecule has 1 aromatic carbocycles. The van der Waals surface area contributed by atoms with Gasteiger partial charge in [-0.2, -0.15) is 8.42 Å². The molecule has 0 aromatic heterocycles. The van der Waals surface area contributed by atoms with Crippen LogP contribution in [0.25, 0.3) is 0 Å². The fraction of sp³-hybridized carbons (Fsp3) is 0.533. The van der Waals surface area contributed by atoms with Gasteiger partial charge in [0.15, 0.2) is 0 Å². The van der Waals surface area contributed by atoms with Gasteiger partial charge < -0.3 is 13.8 Å². The van der Waals surface area contributed by atoms with Crippen molar-refractivity contribution in [2.24, 2.45) is 0 Å². The Balaban J connectivity index is 2.13. The summed E-state index contributed by atoms with van der Waals surface area (Å²) in [5.41, 5.74) is 0.612. The highest BCUT2D eigenvalue weighted by atomic mass is 32.2. The second-order valence-corrected chi connectivity index (χ2v) is 7.91. The van der Waals surface area contributed by atoms with Crippen molar-refractivity contribution in [3.63, 3.8) is 0 Å². The zero-order valence-corrected chi connectivity index (χ0v) is 14.0. The summed E-state index contributed by atoms with van der Waals surface area (Å²) in [6.45, 7) is 6.46. The van der Waals surface area contributed by atoms with Gasteiger partial charge in [-0.1, -0.05) is 12.1 Å². The first-order chi connectivity index (χ1) is 10.1. The smallest absolute Gasteiger partial charge is 0.306 e. The average molecular weight is 327 g/mol. The van der Waals surface area contributed by atoms with E-state index in [1.165, 1.54) is 0 Å². The summed E-state index contributed by atoms with van der Waals surface area (Å²) in [5, 5.41) is 0. The van der Waals surface area contributed by atoms with E-state index >= 15 is 0 Å². The van der Waals surface area contributed by atoms with Gasteiger partial charge in [-0.3, -0.25) is 4.79 Å². The molecule has 2 rings (SSSR count). The summed E-state index contributed by atoms with van der Waals surface area (Å²) in [6.07, 6.45) is 0.766. The predicted molar refractivity (Wildman–Crippen MR) is 82.1 cm³/mol. The Morgan fingerprint density at radius 3 is 2.32 bits per heavy atom. The van der Waals surface area contributed by atoms with E-state index in [0.717, 1.165) is 11.8 Å². The van der Waals surface area contributed by atoms with Crippen molar-refractivity contribution in [2.45, 2.75) is 32.4 Å². The maximum absolute atomic E-state index is 11.9. The van der Waals surface area contributed by atoms with Crippen LogP contribution in [0.5, 0.6) is 5.75 Å². The molecule has 1 saturated heterocycles. The Morgan fingerprint density at radius 1 is 1.23 bits per heavy atom. The first-order valence-corrected chi connectivity index (χ1v) is 8.79. The van der Waals surface area contributed by atoms with Crippen LogP contribution in [0.3, 0.4) is 0 Å². The fourth-order valence-electron chi connectivity index (χ4n) is 2.33. The molecule has 0 aliphatic carbocycles. The highest BCUT2D eigenvalue weighted by molar-refractivity contribution is 7.86. The van der Waals surface area contributed by atoms with Crippen molar-refractivity contribution in [3.8, 4) is 5.75 Å². The maximum atomic E-state index is 11.9. The molecular weight excluding hydrogens is 306 g/mol. The number of carbonyl (C=O) groups is 1. The van der Waals surface area contributed by atoms with Crippen LogP contribution in [-0.2, 0) is 19.6 Å². The van der Waals surface area contributed by atoms with Crippen molar-refractivity contribution in [1.29, 1.82) is 0 Å². The summed E-state index contributed by atoms with van der Waals surface area (Å²) in [4.78, 5) is 13.7. The third kappa shape index (κ3) is 4.20. The van der Waals surface area contributed by atoms with Crippen LogP contribution in [0, 0.1) is 0 Å². The number of hydrogen-bond donors (Lipinski definition) is 0. The molecule has 1 atom stereocenters. The lowest BCUT2D eigenvalue weighted by Gasteiger charge is -2.41. The highest BCUT2D eigenvalue weighted by Gasteiger charge is 2.34. The number of morpholine rings is 1. The van der Waals surface area contributed by atoms with Gasteiger partial charge in [0.2, 0.25) is 5.91 Å². The minimum atomic E-state index is -3.53. The lowest BCUT2D eigenvalue weighted by atomic mass is 10.0. The molecular formula is C15H21NO5S. The van der Waals surface area contributed by atoms with E-state index in [2.05, 4.69) is 0 Å². The molecule has 0 radical (unpaired) electrons. The van der Waals surface area contributed by atoms with Crippen molar-refractivity contribution in [2.75, 3.05) is 19.4 Å². The summed E-state index contributed by atoms with van der Waals surface area (Å²) >= 11 is 0. The number of hydrogen-bond acceptors (Lipinski definition) is 5. The highest BCUT2D eigenvalue weighted by Crippen LogP contribution is 2.28. The number of rotatable bonds is 3. The number of carbonyl (C=O) groups excluding carboxylic acids is 1. The molecule has 1 fully saturated rings. The van der Waals surface area contributed by atoms with Gasteiger partial charge in [0.25, 0.3) is 0 Å². The SMILES string of the molecule is CC(C)(C)N1C[C@H](c2ccc(OS(C)(=O)=O)cc2)OCC1=O. The number of amides is 1. The maximum Gasteiger partial charge on any atom is 0.306 e. The zero-order valence-electron chi connectivity index (χ0n) is 13.2. The molecule has 1 aromatic rings. The fourth-order valence-corrected chi connectivity index (χ4v) is 2.79. The van der Waals surface area contributed by atoms with Crippen molar-refractivity contribution >= 4 is 16.0 Å². The molecule has 7 heteroatoms. The molecule has 0 unspecified atom stereocenters. The monoisotopic (exact) mass is 327 g/mol. The lowest BCUT2D eigenvalue weighted by Crippen LogP contribution is -2.52. The third-order valence-corrected chi connectivity index (χ3v) is 3.86. The molecule has 0 bridgehead atoms. The topological polar surface area (TPSA) is 72.9 Å². The quantitative estimate of drug-likeness (QED) is 0.791. The van der Waals surface area contributed by atoms with Crippen LogP contribution >= 0.6 is 0 Å². The minimum Gasteiger partial charge on any atom is -0.383 e. The normalized spacial score (nSPS) is 20.1. The van der Waals surface area contributed by atoms with Crippen LogP contribution in [0.2, 0.25) is 0 Å². The Labute approximate surface area is 131 Å². The van der Waals surface area contributed by atoms with Crippen LogP contribution < -0.4 is 4.18 Å². The third-order valence-electron chi connectivity index (χ3n) is 3.37. The van der Waals surface area contributed by atoms with E-state index in [9.17, 15) is 13.2 Å². The Kier molecular flexibility index (Phi) is 4.49.